The van der Waals surface area contributed by atoms with E-state index in [0.717, 1.165) is 56.9 Å². The molecule has 2 aromatic heterocycles. The van der Waals surface area contributed by atoms with E-state index < -0.39 is 0 Å². The first-order valence-corrected chi connectivity index (χ1v) is 10.4. The van der Waals surface area contributed by atoms with Gasteiger partial charge in [0.05, 0.1) is 24.4 Å². The summed E-state index contributed by atoms with van der Waals surface area (Å²) >= 11 is 1.56. The van der Waals surface area contributed by atoms with E-state index in [1.165, 1.54) is 10.4 Å². The third-order valence-electron chi connectivity index (χ3n) is 5.49. The molecule has 0 unspecified atom stereocenters. The number of aliphatic hydroxyl groups is 1. The van der Waals surface area contributed by atoms with E-state index in [9.17, 15) is 4.79 Å². The predicted molar refractivity (Wildman–Crippen MR) is 103 cm³/mol. The fraction of sp³-hybridized carbons (Fsp3) is 0.579. The van der Waals surface area contributed by atoms with Gasteiger partial charge in [0, 0.05) is 50.0 Å². The Morgan fingerprint density at radius 2 is 2.22 bits per heavy atom. The number of nitrogens with one attached hydrogen (secondary N) is 1. The monoisotopic (exact) mass is 390 g/mol. The van der Waals surface area contributed by atoms with Crippen LogP contribution in [0.1, 0.15) is 33.0 Å². The lowest BCUT2D eigenvalue weighted by atomic mass is 9.85. The normalized spacial score (nSPS) is 19.1. The number of hydrogen-bond donors (Lipinski definition) is 2. The molecule has 8 heteroatoms. The van der Waals surface area contributed by atoms with Gasteiger partial charge in [0.15, 0.2) is 0 Å². The van der Waals surface area contributed by atoms with Crippen molar-refractivity contribution in [2.45, 2.75) is 31.4 Å². The molecule has 0 bridgehead atoms. The Hall–Kier alpha value is -1.74. The van der Waals surface area contributed by atoms with Gasteiger partial charge in [0.1, 0.15) is 5.60 Å². The van der Waals surface area contributed by atoms with Crippen LogP contribution in [0.2, 0.25) is 0 Å². The van der Waals surface area contributed by atoms with Crippen LogP contribution in [0.4, 0.5) is 0 Å². The number of imidazole rings is 1. The molecular formula is C19H26N4O3S. The Kier molecular flexibility index (Phi) is 5.58. The van der Waals surface area contributed by atoms with E-state index in [2.05, 4.69) is 19.8 Å². The van der Waals surface area contributed by atoms with Crippen molar-refractivity contribution >= 4 is 17.2 Å². The lowest BCUT2D eigenvalue weighted by Crippen LogP contribution is -2.46. The maximum Gasteiger partial charge on any atom is 0.261 e. The maximum atomic E-state index is 12.3. The first kappa shape index (κ1) is 18.6. The minimum absolute atomic E-state index is 0.0429. The number of ether oxygens (including phenoxy) is 1. The fourth-order valence-corrected chi connectivity index (χ4v) is 5.30. The van der Waals surface area contributed by atoms with Crippen LogP contribution in [-0.4, -0.2) is 64.9 Å². The number of thiophene rings is 1. The van der Waals surface area contributed by atoms with Crippen molar-refractivity contribution in [3.63, 3.8) is 0 Å². The van der Waals surface area contributed by atoms with Gasteiger partial charge in [-0.2, -0.15) is 0 Å². The Labute approximate surface area is 163 Å². The van der Waals surface area contributed by atoms with Gasteiger partial charge in [-0.15, -0.1) is 11.3 Å². The second-order valence-electron chi connectivity index (χ2n) is 7.18. The number of carbonyl (C=O) groups is 1. The minimum Gasteiger partial charge on any atom is -0.395 e. The highest BCUT2D eigenvalue weighted by atomic mass is 32.1. The molecule has 0 aliphatic carbocycles. The van der Waals surface area contributed by atoms with Gasteiger partial charge in [0.25, 0.3) is 5.91 Å². The van der Waals surface area contributed by atoms with Crippen molar-refractivity contribution in [3.05, 3.63) is 40.1 Å². The standard InChI is InChI=1S/C19H26N4O3S/c24-11-5-21-18(25)16-13-15-1-12-26-19(17(15)27-16)2-6-22(7-3-19)9-10-23-8-4-20-14-23/h4,8,13-14,24H,1-3,5-7,9-12H2,(H,21,25). The second-order valence-corrected chi connectivity index (χ2v) is 8.23. The number of hydrogen-bond acceptors (Lipinski definition) is 6. The molecule has 2 aliphatic rings. The quantitative estimate of drug-likeness (QED) is 0.776. The van der Waals surface area contributed by atoms with Gasteiger partial charge >= 0.3 is 0 Å². The molecule has 0 aromatic carbocycles. The van der Waals surface area contributed by atoms with Gasteiger partial charge in [-0.05, 0) is 30.9 Å². The summed E-state index contributed by atoms with van der Waals surface area (Å²) in [6.45, 7) is 4.92. The van der Waals surface area contributed by atoms with Crippen molar-refractivity contribution in [3.8, 4) is 0 Å². The van der Waals surface area contributed by atoms with Crippen LogP contribution >= 0.6 is 11.3 Å². The van der Waals surface area contributed by atoms with E-state index in [4.69, 9.17) is 9.84 Å². The van der Waals surface area contributed by atoms with Crippen LogP contribution in [0, 0.1) is 0 Å². The number of rotatable bonds is 6. The van der Waals surface area contributed by atoms with Crippen LogP contribution in [0.5, 0.6) is 0 Å². The van der Waals surface area contributed by atoms with E-state index in [-0.39, 0.29) is 24.7 Å². The number of aromatic nitrogens is 2. The van der Waals surface area contributed by atoms with Gasteiger partial charge < -0.3 is 24.6 Å². The van der Waals surface area contributed by atoms with Crippen LogP contribution in [0.3, 0.4) is 0 Å². The molecule has 0 radical (unpaired) electrons. The average Bonchev–Trinajstić information content (AvgIpc) is 3.36. The number of likely N-dealkylation sites (tertiary alicyclic amines) is 1. The molecule has 1 saturated heterocycles. The Bertz CT molecular complexity index is 766. The van der Waals surface area contributed by atoms with E-state index in [1.807, 2.05) is 24.8 Å². The summed E-state index contributed by atoms with van der Waals surface area (Å²) < 4.78 is 8.41. The zero-order valence-corrected chi connectivity index (χ0v) is 16.2. The highest BCUT2D eigenvalue weighted by Crippen LogP contribution is 2.45. The molecule has 1 fully saturated rings. The SMILES string of the molecule is O=C(NCCO)c1cc2c(s1)C1(CCN(CCn3ccnc3)CC1)OCC2. The summed E-state index contributed by atoms with van der Waals surface area (Å²) in [4.78, 5) is 20.8. The molecule has 2 aliphatic heterocycles. The maximum absolute atomic E-state index is 12.3. The third kappa shape index (κ3) is 3.94. The first-order chi connectivity index (χ1) is 13.2. The summed E-state index contributed by atoms with van der Waals surface area (Å²) in [5.74, 6) is -0.101. The number of carbonyl (C=O) groups excluding carboxylic acids is 1. The van der Waals surface area contributed by atoms with Crippen molar-refractivity contribution in [2.24, 2.45) is 0 Å². The van der Waals surface area contributed by atoms with Crippen LogP contribution in [0.15, 0.2) is 24.8 Å². The molecule has 146 valence electrons. The van der Waals surface area contributed by atoms with Crippen molar-refractivity contribution in [2.75, 3.05) is 39.4 Å². The molecule has 1 spiro atoms. The van der Waals surface area contributed by atoms with Gasteiger partial charge in [-0.1, -0.05) is 0 Å². The summed E-state index contributed by atoms with van der Waals surface area (Å²) in [5.41, 5.74) is 1.02. The smallest absolute Gasteiger partial charge is 0.261 e. The third-order valence-corrected chi connectivity index (χ3v) is 6.85. The lowest BCUT2D eigenvalue weighted by Gasteiger charge is -2.43. The van der Waals surface area contributed by atoms with Gasteiger partial charge in [0.2, 0.25) is 0 Å². The number of fused-ring (bicyclic) bond motifs is 2. The number of aliphatic hydroxyl groups excluding tert-OH is 1. The summed E-state index contributed by atoms with van der Waals surface area (Å²) in [6, 6.07) is 2.02. The van der Waals surface area contributed by atoms with Gasteiger partial charge in [-0.3, -0.25) is 4.79 Å². The highest BCUT2D eigenvalue weighted by Gasteiger charge is 2.42. The minimum atomic E-state index is -0.237. The van der Waals surface area contributed by atoms with Crippen molar-refractivity contribution in [1.82, 2.24) is 19.8 Å². The number of amides is 1. The summed E-state index contributed by atoms with van der Waals surface area (Å²) in [7, 11) is 0. The molecule has 7 nitrogen and oxygen atoms in total. The highest BCUT2D eigenvalue weighted by molar-refractivity contribution is 7.14. The Balaban J connectivity index is 1.41. The van der Waals surface area contributed by atoms with E-state index >= 15 is 0 Å². The molecule has 27 heavy (non-hydrogen) atoms. The first-order valence-electron chi connectivity index (χ1n) is 9.54. The lowest BCUT2D eigenvalue weighted by molar-refractivity contribution is -0.0952. The molecule has 2 N–H and O–H groups in total. The summed E-state index contributed by atoms with van der Waals surface area (Å²) in [6.07, 6.45) is 8.46. The number of piperidine rings is 1. The van der Waals surface area contributed by atoms with Crippen LogP contribution in [-0.2, 0) is 23.3 Å². The van der Waals surface area contributed by atoms with Crippen LogP contribution < -0.4 is 5.32 Å². The van der Waals surface area contributed by atoms with E-state index in [1.54, 1.807) is 11.3 Å². The topological polar surface area (TPSA) is 79.6 Å². The molecule has 1 amide bonds. The van der Waals surface area contributed by atoms with Gasteiger partial charge in [-0.25, -0.2) is 4.98 Å². The fourth-order valence-electron chi connectivity index (χ4n) is 3.98. The molecule has 4 heterocycles. The molecule has 0 saturated carbocycles. The molecule has 0 atom stereocenters. The summed E-state index contributed by atoms with van der Waals surface area (Å²) in [5, 5.41) is 11.7. The number of nitrogens with zero attached hydrogens (tertiary/aromatic N) is 3. The zero-order valence-electron chi connectivity index (χ0n) is 15.4. The predicted octanol–water partition coefficient (Wildman–Crippen LogP) is 1.23. The van der Waals surface area contributed by atoms with Crippen molar-refractivity contribution in [1.29, 1.82) is 0 Å². The molecular weight excluding hydrogens is 364 g/mol. The average molecular weight is 391 g/mol. The zero-order chi connectivity index (χ0) is 18.7. The Morgan fingerprint density at radius 1 is 1.37 bits per heavy atom. The Morgan fingerprint density at radius 3 is 2.96 bits per heavy atom. The largest absolute Gasteiger partial charge is 0.395 e. The molecule has 2 aromatic rings. The molecule has 4 rings (SSSR count). The van der Waals surface area contributed by atoms with Crippen molar-refractivity contribution < 1.29 is 14.6 Å². The van der Waals surface area contributed by atoms with Crippen LogP contribution in [0.25, 0.3) is 0 Å². The van der Waals surface area contributed by atoms with E-state index in [0.29, 0.717) is 0 Å². The second kappa shape index (κ2) is 8.10.